The monoisotopic (exact) mass is 816 g/mol. The van der Waals surface area contributed by atoms with Crippen LogP contribution in [0.5, 0.6) is 0 Å². The molecule has 0 saturated carbocycles. The Labute approximate surface area is 372 Å². The zero-order valence-electron chi connectivity index (χ0n) is 34.9. The van der Waals surface area contributed by atoms with Gasteiger partial charge < -0.3 is 9.47 Å². The number of anilines is 3. The van der Waals surface area contributed by atoms with Gasteiger partial charge in [0.2, 0.25) is 0 Å². The van der Waals surface area contributed by atoms with Gasteiger partial charge in [0.1, 0.15) is 0 Å². The summed E-state index contributed by atoms with van der Waals surface area (Å²) in [5, 5.41) is 1.20. The predicted octanol–water partition coefficient (Wildman–Crippen LogP) is 15.9. The fourth-order valence-corrected chi connectivity index (χ4v) is 9.38. The minimum atomic E-state index is 0.684. The molecule has 300 valence electrons. The summed E-state index contributed by atoms with van der Waals surface area (Å²) in [6.45, 7) is 0. The maximum atomic E-state index is 5.14. The zero-order chi connectivity index (χ0) is 42.4. The smallest absolute Gasteiger partial charge is 0.160 e. The van der Waals surface area contributed by atoms with Gasteiger partial charge in [0, 0.05) is 50.1 Å². The minimum Gasteiger partial charge on any atom is -0.309 e. The molecule has 9 aromatic carbocycles. The summed E-state index contributed by atoms with van der Waals surface area (Å²) in [5.41, 5.74) is 19.7. The van der Waals surface area contributed by atoms with Crippen LogP contribution in [0.3, 0.4) is 0 Å². The molecule has 4 heteroatoms. The van der Waals surface area contributed by atoms with Gasteiger partial charge in [-0.05, 0) is 89.0 Å². The largest absolute Gasteiger partial charge is 0.309 e. The fourth-order valence-electron chi connectivity index (χ4n) is 9.38. The maximum absolute atomic E-state index is 5.14. The van der Waals surface area contributed by atoms with E-state index in [9.17, 15) is 0 Å². The van der Waals surface area contributed by atoms with Gasteiger partial charge in [-0.1, -0.05) is 176 Å². The van der Waals surface area contributed by atoms with Gasteiger partial charge in [-0.15, -0.1) is 0 Å². The Balaban J connectivity index is 1.05. The van der Waals surface area contributed by atoms with E-state index in [0.717, 1.165) is 67.6 Å². The lowest BCUT2D eigenvalue weighted by Crippen LogP contribution is -2.11. The van der Waals surface area contributed by atoms with E-state index >= 15 is 0 Å². The molecule has 0 unspecified atom stereocenters. The Morgan fingerprint density at radius 2 is 0.781 bits per heavy atom. The summed E-state index contributed by atoms with van der Waals surface area (Å²) in [6, 6.07) is 86.5. The van der Waals surface area contributed by atoms with Crippen LogP contribution >= 0.6 is 0 Å². The second-order valence-electron chi connectivity index (χ2n) is 16.2. The van der Waals surface area contributed by atoms with Crippen LogP contribution in [-0.2, 0) is 0 Å². The van der Waals surface area contributed by atoms with Crippen LogP contribution in [0.4, 0.5) is 17.1 Å². The fraction of sp³-hybridized carbons (Fsp3) is 0. The summed E-state index contributed by atoms with van der Waals surface area (Å²) in [7, 11) is 0. The standard InChI is InChI=1S/C60H40N4/c1-5-19-41(20-6-1)46-37-47(42-21-7-2-8-22-42)39-49(38-46)64-56-31-17-14-28-51(56)58-50-27-13-16-30-55(50)63(57-32-18-15-29-52(57)59(58)64)48-35-33-45(34-36-48)60-61-53(43-23-9-3-10-24-43)40-54(62-60)44-25-11-4-12-26-44/h1-40H. The summed E-state index contributed by atoms with van der Waals surface area (Å²) < 4.78 is 2.49. The van der Waals surface area contributed by atoms with Crippen molar-refractivity contribution >= 4 is 28.0 Å². The third-order valence-corrected chi connectivity index (χ3v) is 12.3. The van der Waals surface area contributed by atoms with Crippen LogP contribution in [0.15, 0.2) is 243 Å². The summed E-state index contributed by atoms with van der Waals surface area (Å²) in [5.74, 6) is 0.684. The third kappa shape index (κ3) is 6.48. The second kappa shape index (κ2) is 15.7. The number of aromatic nitrogens is 3. The van der Waals surface area contributed by atoms with E-state index in [4.69, 9.17) is 9.97 Å². The van der Waals surface area contributed by atoms with Crippen molar-refractivity contribution in [2.45, 2.75) is 0 Å². The number of nitrogens with zero attached hydrogens (tertiary/aromatic N) is 4. The molecule has 0 fully saturated rings. The van der Waals surface area contributed by atoms with E-state index in [1.54, 1.807) is 0 Å². The lowest BCUT2D eigenvalue weighted by Gasteiger charge is -2.27. The van der Waals surface area contributed by atoms with E-state index < -0.39 is 0 Å². The maximum Gasteiger partial charge on any atom is 0.160 e. The summed E-state index contributed by atoms with van der Waals surface area (Å²) >= 11 is 0. The van der Waals surface area contributed by atoms with Crippen molar-refractivity contribution in [3.8, 4) is 84.2 Å². The van der Waals surface area contributed by atoms with Crippen LogP contribution < -0.4 is 4.90 Å². The predicted molar refractivity (Wildman–Crippen MR) is 265 cm³/mol. The zero-order valence-corrected chi connectivity index (χ0v) is 34.9. The first-order chi connectivity index (χ1) is 31.7. The average molecular weight is 817 g/mol. The number of benzene rings is 9. The van der Waals surface area contributed by atoms with Gasteiger partial charge in [0.25, 0.3) is 0 Å². The molecule has 0 atom stereocenters. The number of fused-ring (bicyclic) bond motifs is 7. The van der Waals surface area contributed by atoms with Gasteiger partial charge in [-0.3, -0.25) is 0 Å². The van der Waals surface area contributed by atoms with Crippen molar-refractivity contribution in [1.82, 2.24) is 14.5 Å². The molecule has 12 rings (SSSR count). The van der Waals surface area contributed by atoms with Crippen LogP contribution in [-0.4, -0.2) is 14.5 Å². The van der Waals surface area contributed by atoms with E-state index in [1.807, 2.05) is 12.1 Å². The van der Waals surface area contributed by atoms with Crippen LogP contribution in [0.1, 0.15) is 0 Å². The lowest BCUT2D eigenvalue weighted by atomic mass is 9.97. The third-order valence-electron chi connectivity index (χ3n) is 12.3. The van der Waals surface area contributed by atoms with Crippen LogP contribution in [0.25, 0.3) is 95.1 Å². The van der Waals surface area contributed by atoms with Gasteiger partial charge in [0.05, 0.1) is 34.0 Å². The number of rotatable bonds is 7. The van der Waals surface area contributed by atoms with E-state index in [1.165, 1.54) is 38.8 Å². The van der Waals surface area contributed by atoms with Crippen LogP contribution in [0.2, 0.25) is 0 Å². The molecule has 3 heterocycles. The Bertz CT molecular complexity index is 3350. The van der Waals surface area contributed by atoms with Crippen molar-refractivity contribution in [3.63, 3.8) is 0 Å². The van der Waals surface area contributed by atoms with Crippen molar-refractivity contribution in [2.75, 3.05) is 4.90 Å². The molecule has 0 aliphatic carbocycles. The Kier molecular flexibility index (Phi) is 9.12. The highest BCUT2D eigenvalue weighted by Gasteiger charge is 2.31. The Morgan fingerprint density at radius 1 is 0.312 bits per heavy atom. The first kappa shape index (κ1) is 37.2. The lowest BCUT2D eigenvalue weighted by molar-refractivity contribution is 1.14. The summed E-state index contributed by atoms with van der Waals surface area (Å²) in [4.78, 5) is 12.7. The van der Waals surface area contributed by atoms with E-state index in [2.05, 4.69) is 240 Å². The Hall–Kier alpha value is -8.60. The first-order valence-corrected chi connectivity index (χ1v) is 21.7. The molecule has 0 N–H and O–H groups in total. The number of para-hydroxylation sites is 3. The van der Waals surface area contributed by atoms with Crippen LogP contribution in [0, 0.1) is 0 Å². The highest BCUT2D eigenvalue weighted by atomic mass is 15.2. The Morgan fingerprint density at radius 3 is 1.36 bits per heavy atom. The molecule has 11 aromatic rings. The molecule has 0 spiro atoms. The summed E-state index contributed by atoms with van der Waals surface area (Å²) in [6.07, 6.45) is 0. The van der Waals surface area contributed by atoms with Crippen molar-refractivity contribution in [2.24, 2.45) is 0 Å². The average Bonchev–Trinajstić information content (AvgIpc) is 3.66. The second-order valence-corrected chi connectivity index (χ2v) is 16.2. The highest BCUT2D eigenvalue weighted by molar-refractivity contribution is 6.13. The minimum absolute atomic E-state index is 0.684. The molecule has 2 aromatic heterocycles. The molecular weight excluding hydrogens is 777 g/mol. The first-order valence-electron chi connectivity index (χ1n) is 21.7. The molecule has 0 radical (unpaired) electrons. The van der Waals surface area contributed by atoms with Gasteiger partial charge in [-0.25, -0.2) is 9.97 Å². The molecule has 1 aliphatic rings. The van der Waals surface area contributed by atoms with E-state index in [-0.39, 0.29) is 0 Å². The highest BCUT2D eigenvalue weighted by Crippen LogP contribution is 2.54. The van der Waals surface area contributed by atoms with Gasteiger partial charge in [0.15, 0.2) is 5.82 Å². The molecule has 0 saturated heterocycles. The molecule has 0 amide bonds. The molecule has 4 nitrogen and oxygen atoms in total. The van der Waals surface area contributed by atoms with Crippen molar-refractivity contribution < 1.29 is 0 Å². The normalized spacial score (nSPS) is 11.7. The quantitative estimate of drug-likeness (QED) is 0.161. The molecule has 1 aliphatic heterocycles. The molecule has 64 heavy (non-hydrogen) atoms. The van der Waals surface area contributed by atoms with E-state index in [0.29, 0.717) is 5.82 Å². The van der Waals surface area contributed by atoms with Gasteiger partial charge >= 0.3 is 0 Å². The number of hydrogen-bond acceptors (Lipinski definition) is 3. The molecule has 0 bridgehead atoms. The van der Waals surface area contributed by atoms with Crippen molar-refractivity contribution in [3.05, 3.63) is 243 Å². The van der Waals surface area contributed by atoms with Gasteiger partial charge in [-0.2, -0.15) is 0 Å². The number of hydrogen-bond donors (Lipinski definition) is 0. The molecular formula is C60H40N4. The SMILES string of the molecule is c1ccc(-c2cc(-c3ccccc3)cc(-n3c4c(c5ccccc53)-c3ccccc3N(c3ccc(-c5nc(-c6ccccc6)cc(-c6ccccc6)n5)cc3)c3ccccc3-4)c2)cc1. The van der Waals surface area contributed by atoms with Crippen molar-refractivity contribution in [1.29, 1.82) is 0 Å². The topological polar surface area (TPSA) is 34.0 Å².